The van der Waals surface area contributed by atoms with Crippen LogP contribution in [-0.2, 0) is 0 Å². The zero-order valence-electron chi connectivity index (χ0n) is 8.57. The molecule has 36 valence electrons. The lowest BCUT2D eigenvalue weighted by atomic mass is 10.2. The maximum atomic E-state index is 7.27. The van der Waals surface area contributed by atoms with E-state index in [-0.39, 0.29) is 19.4 Å². The molecule has 0 unspecified atom stereocenters. The molecule has 0 aromatic carbocycles. The summed E-state index contributed by atoms with van der Waals surface area (Å²) in [7, 11) is 0. The van der Waals surface area contributed by atoms with Crippen LogP contribution in [0.3, 0.4) is 0 Å². The van der Waals surface area contributed by atoms with Gasteiger partial charge in [-0.2, -0.15) is 0 Å². The van der Waals surface area contributed by atoms with Crippen molar-refractivity contribution < 1.29 is 6.89 Å². The summed E-state index contributed by atoms with van der Waals surface area (Å²) in [5.74, 6) is 0. The third-order valence-corrected chi connectivity index (χ3v) is 0.716. The minimum atomic E-state index is -1.65. The summed E-state index contributed by atoms with van der Waals surface area (Å²) in [6, 6.07) is 0. The molecule has 0 radical (unpaired) electrons. The van der Waals surface area contributed by atoms with Crippen molar-refractivity contribution in [1.82, 2.24) is 5.31 Å². The second kappa shape index (κ2) is 2.19. The van der Waals surface area contributed by atoms with Gasteiger partial charge in [0.2, 0.25) is 0 Å². The van der Waals surface area contributed by atoms with Gasteiger partial charge in [0.1, 0.15) is 1.41 Å². The first kappa shape index (κ1) is 1.22. The van der Waals surface area contributed by atoms with Crippen molar-refractivity contribution in [3.63, 3.8) is 0 Å². The molecular formula is C5H11N. The molecule has 0 spiro atoms. The van der Waals surface area contributed by atoms with E-state index in [0.29, 0.717) is 5.31 Å². The molecule has 1 rings (SSSR count). The Labute approximate surface area is 45.8 Å². The van der Waals surface area contributed by atoms with Gasteiger partial charge in [-0.1, -0.05) is 6.42 Å². The van der Waals surface area contributed by atoms with E-state index in [9.17, 15) is 0 Å². The van der Waals surface area contributed by atoms with Crippen molar-refractivity contribution in [2.24, 2.45) is 0 Å². The minimum Gasteiger partial charge on any atom is -0.317 e. The molecular weight excluding hydrogens is 74.1 g/mol. The quantitative estimate of drug-likeness (QED) is 0.463. The van der Waals surface area contributed by atoms with Gasteiger partial charge in [-0.3, -0.25) is 0 Å². The smallest absolute Gasteiger partial charge is 0.122 e. The number of nitrogens with one attached hydrogen (secondary N) is 1. The van der Waals surface area contributed by atoms with Crippen LogP contribution in [0.5, 0.6) is 0 Å². The van der Waals surface area contributed by atoms with Crippen LogP contribution >= 0.6 is 0 Å². The minimum absolute atomic E-state index is 0.101. The highest BCUT2D eigenvalue weighted by Crippen LogP contribution is 1.96. The van der Waals surface area contributed by atoms with Crippen molar-refractivity contribution in [2.45, 2.75) is 19.2 Å². The lowest BCUT2D eigenvalue weighted by Gasteiger charge is -2.08. The highest BCUT2D eigenvalue weighted by Gasteiger charge is 1.93. The van der Waals surface area contributed by atoms with Gasteiger partial charge >= 0.3 is 0 Å². The van der Waals surface area contributed by atoms with Crippen molar-refractivity contribution >= 4 is 0 Å². The molecule has 1 nitrogen and oxygen atoms in total. The molecule has 0 amide bonds. The Morgan fingerprint density at radius 3 is 3.33 bits per heavy atom. The average molecular weight is 90.2 g/mol. The summed E-state index contributed by atoms with van der Waals surface area (Å²) in [4.78, 5) is 0. The van der Waals surface area contributed by atoms with Gasteiger partial charge in [-0.25, -0.2) is 0 Å². The Bertz CT molecular complexity index is 157. The summed E-state index contributed by atoms with van der Waals surface area (Å²) < 4.78 is 36.2. The summed E-state index contributed by atoms with van der Waals surface area (Å²) >= 11 is 0. The lowest BCUT2D eigenvalue weighted by molar-refractivity contribution is 0.520. The second-order valence-electron chi connectivity index (χ2n) is 1.22. The molecule has 1 heteroatoms. The van der Waals surface area contributed by atoms with Crippen molar-refractivity contribution in [3.05, 3.63) is 0 Å². The molecule has 0 bridgehead atoms. The largest absolute Gasteiger partial charge is 0.317 e. The topological polar surface area (TPSA) is 12.0 Å². The summed E-state index contributed by atoms with van der Waals surface area (Å²) in [5, 5.41) is 0.691. The maximum absolute atomic E-state index is 7.27. The SMILES string of the molecule is [2H]N1CC([2H])([2H])CCC1([2H])[2H]. The first-order chi connectivity index (χ1) is 4.83. The number of piperidine rings is 1. The van der Waals surface area contributed by atoms with Crippen LogP contribution in [0.2, 0.25) is 1.41 Å². The van der Waals surface area contributed by atoms with E-state index in [1.807, 2.05) is 0 Å². The molecule has 1 heterocycles. The van der Waals surface area contributed by atoms with Crippen LogP contribution < -0.4 is 5.31 Å². The number of hydrogen-bond acceptors (Lipinski definition) is 1. The van der Waals surface area contributed by atoms with Gasteiger partial charge in [0.15, 0.2) is 0 Å². The standard InChI is InChI=1S/C5H11N/c1-2-4-6-5-3-1/h6H,1-5H2/i2D2,5D2/hD. The van der Waals surface area contributed by atoms with Gasteiger partial charge in [-0.05, 0) is 25.8 Å². The Morgan fingerprint density at radius 1 is 1.67 bits per heavy atom. The van der Waals surface area contributed by atoms with E-state index in [2.05, 4.69) is 0 Å². The molecule has 1 fully saturated rings. The van der Waals surface area contributed by atoms with E-state index in [0.717, 1.165) is 0 Å². The Balaban J connectivity index is 2.63. The molecule has 0 saturated carbocycles. The van der Waals surface area contributed by atoms with Crippen molar-refractivity contribution in [3.8, 4) is 0 Å². The van der Waals surface area contributed by atoms with E-state index >= 15 is 0 Å². The van der Waals surface area contributed by atoms with Gasteiger partial charge in [0.05, 0.1) is 0 Å². The molecule has 1 aliphatic heterocycles. The van der Waals surface area contributed by atoms with Gasteiger partial charge in [0, 0.05) is 5.48 Å². The monoisotopic (exact) mass is 90.1 g/mol. The fourth-order valence-electron chi connectivity index (χ4n) is 0.414. The third-order valence-electron chi connectivity index (χ3n) is 0.716. The Hall–Kier alpha value is -0.0400. The van der Waals surface area contributed by atoms with Crippen molar-refractivity contribution in [2.75, 3.05) is 13.0 Å². The molecule has 6 heavy (non-hydrogen) atoms. The fourth-order valence-corrected chi connectivity index (χ4v) is 0.414. The van der Waals surface area contributed by atoms with Crippen LogP contribution in [0.4, 0.5) is 0 Å². The fraction of sp³-hybridized carbons (Fsp3) is 1.00. The van der Waals surface area contributed by atoms with Crippen molar-refractivity contribution in [1.29, 1.82) is 0 Å². The predicted octanol–water partition coefficient (Wildman–Crippen LogP) is 0.760. The second-order valence-corrected chi connectivity index (χ2v) is 1.22. The maximum Gasteiger partial charge on any atom is 0.122 e. The van der Waals surface area contributed by atoms with Crippen LogP contribution in [0, 0.1) is 0 Å². The van der Waals surface area contributed by atoms with Gasteiger partial charge in [0.25, 0.3) is 0 Å². The summed E-state index contributed by atoms with van der Waals surface area (Å²) in [6.45, 7) is -1.79. The highest BCUT2D eigenvalue weighted by molar-refractivity contribution is 4.55. The van der Waals surface area contributed by atoms with Crippen LogP contribution in [0.1, 0.15) is 24.7 Å². The third kappa shape index (κ3) is 0.977. The summed E-state index contributed by atoms with van der Waals surface area (Å²) in [5.41, 5.74) is 0. The molecule has 1 saturated heterocycles. The van der Waals surface area contributed by atoms with E-state index in [1.54, 1.807) is 0 Å². The van der Waals surface area contributed by atoms with E-state index < -0.39 is 12.9 Å². The lowest BCUT2D eigenvalue weighted by Crippen LogP contribution is -2.21. The molecule has 0 aliphatic carbocycles. The average Bonchev–Trinajstić information content (AvgIpc) is 1.81. The number of rotatable bonds is 0. The first-order valence-electron chi connectivity index (χ1n) is 4.55. The number of hydrogen-bond donors (Lipinski definition) is 1. The van der Waals surface area contributed by atoms with Gasteiger partial charge < -0.3 is 5.31 Å². The molecule has 1 aliphatic rings. The Morgan fingerprint density at radius 2 is 2.67 bits per heavy atom. The molecule has 0 atom stereocenters. The normalized spacial score (nSPS) is 56.3. The first-order valence-corrected chi connectivity index (χ1v) is 2.10. The molecule has 0 aromatic heterocycles. The van der Waals surface area contributed by atoms with Gasteiger partial charge in [-0.15, -0.1) is 0 Å². The molecule has 0 aromatic rings. The summed E-state index contributed by atoms with van der Waals surface area (Å²) in [6.07, 6.45) is -1.09. The predicted molar refractivity (Wildman–Crippen MR) is 26.7 cm³/mol. The zero-order valence-corrected chi connectivity index (χ0v) is 3.57. The molecule has 1 N–H and O–H groups in total. The van der Waals surface area contributed by atoms with Crippen LogP contribution in [0.15, 0.2) is 0 Å². The van der Waals surface area contributed by atoms with Crippen LogP contribution in [0.25, 0.3) is 0 Å². The zero-order chi connectivity index (χ0) is 8.70. The van der Waals surface area contributed by atoms with E-state index in [1.165, 1.54) is 0 Å². The highest BCUT2D eigenvalue weighted by atomic mass is 14.9. The Kier molecular flexibility index (Phi) is 0.445. The van der Waals surface area contributed by atoms with Crippen LogP contribution in [-0.4, -0.2) is 13.0 Å². The van der Waals surface area contributed by atoms with E-state index in [4.69, 9.17) is 6.89 Å².